The maximum absolute atomic E-state index is 12.5. The molecule has 0 saturated carbocycles. The number of carbonyl (C=O) groups excluding carboxylic acids is 1. The average Bonchev–Trinajstić information content (AvgIpc) is 2.99. The van der Waals surface area contributed by atoms with Crippen LogP contribution < -0.4 is 4.74 Å². The van der Waals surface area contributed by atoms with Crippen LogP contribution in [0.5, 0.6) is 17.2 Å². The van der Waals surface area contributed by atoms with Crippen LogP contribution in [-0.4, -0.2) is 66.8 Å². The summed E-state index contributed by atoms with van der Waals surface area (Å²) in [5.41, 5.74) is -0.689. The van der Waals surface area contributed by atoms with Gasteiger partial charge >= 0.3 is 6.09 Å². The second kappa shape index (κ2) is 8.44. The maximum Gasteiger partial charge on any atom is 0.410 e. The van der Waals surface area contributed by atoms with E-state index in [0.29, 0.717) is 19.4 Å². The van der Waals surface area contributed by atoms with Crippen LogP contribution in [0, 0.1) is 0 Å². The van der Waals surface area contributed by atoms with Gasteiger partial charge in [-0.25, -0.2) is 4.79 Å². The maximum atomic E-state index is 12.5. The number of amides is 1. The van der Waals surface area contributed by atoms with E-state index in [2.05, 4.69) is 0 Å². The van der Waals surface area contributed by atoms with E-state index in [0.717, 1.165) is 12.3 Å². The van der Waals surface area contributed by atoms with Crippen LogP contribution >= 0.6 is 0 Å². The summed E-state index contributed by atoms with van der Waals surface area (Å²) in [4.78, 5) is 13.9. The van der Waals surface area contributed by atoms with E-state index in [9.17, 15) is 23.4 Å². The van der Waals surface area contributed by atoms with Crippen LogP contribution in [0.1, 0.15) is 33.6 Å². The lowest BCUT2D eigenvalue weighted by Crippen LogP contribution is -2.48. The van der Waals surface area contributed by atoms with Crippen molar-refractivity contribution in [3.63, 3.8) is 0 Å². The van der Waals surface area contributed by atoms with Gasteiger partial charge in [-0.05, 0) is 45.7 Å². The van der Waals surface area contributed by atoms with Gasteiger partial charge < -0.3 is 24.6 Å². The summed E-state index contributed by atoms with van der Waals surface area (Å²) in [5.74, 6) is -0.379. The lowest BCUT2D eigenvalue weighted by atomic mass is 10.1. The van der Waals surface area contributed by atoms with Gasteiger partial charge in [0.05, 0.1) is 12.3 Å². The Hall–Kier alpha value is -2.20. The molecular weight excluding hydrogens is 390 g/mol. The third kappa shape index (κ3) is 6.45. The second-order valence-electron chi connectivity index (χ2n) is 7.69. The molecule has 9 nitrogen and oxygen atoms in total. The molecule has 1 fully saturated rings. The normalized spacial score (nSPS) is 18.7. The van der Waals surface area contributed by atoms with Crippen molar-refractivity contribution >= 4 is 16.2 Å². The highest BCUT2D eigenvalue weighted by molar-refractivity contribution is 7.86. The van der Waals surface area contributed by atoms with Crippen molar-refractivity contribution in [3.05, 3.63) is 18.2 Å². The molecule has 0 radical (unpaired) electrons. The van der Waals surface area contributed by atoms with Crippen LogP contribution in [0.2, 0.25) is 0 Å². The highest BCUT2D eigenvalue weighted by atomic mass is 32.2. The van der Waals surface area contributed by atoms with Crippen LogP contribution in [-0.2, 0) is 19.0 Å². The minimum absolute atomic E-state index is 0.0571. The molecular formula is C18H27NO8S. The zero-order valence-corrected chi connectivity index (χ0v) is 17.2. The van der Waals surface area contributed by atoms with Gasteiger partial charge in [-0.15, -0.1) is 0 Å². The first kappa shape index (κ1) is 22.1. The second-order valence-corrected chi connectivity index (χ2v) is 9.29. The van der Waals surface area contributed by atoms with Gasteiger partial charge in [0.25, 0.3) is 10.1 Å². The highest BCUT2D eigenvalue weighted by Crippen LogP contribution is 2.31. The van der Waals surface area contributed by atoms with E-state index in [4.69, 9.17) is 13.7 Å². The molecule has 1 aromatic carbocycles. The highest BCUT2D eigenvalue weighted by Gasteiger charge is 2.39. The molecule has 1 saturated heterocycles. The summed E-state index contributed by atoms with van der Waals surface area (Å²) < 4.78 is 39.6. The van der Waals surface area contributed by atoms with Crippen molar-refractivity contribution in [1.29, 1.82) is 0 Å². The zero-order valence-electron chi connectivity index (χ0n) is 16.4. The summed E-state index contributed by atoms with van der Waals surface area (Å²) >= 11 is 0. The van der Waals surface area contributed by atoms with Gasteiger partial charge in [-0.1, -0.05) is 0 Å². The van der Waals surface area contributed by atoms with Crippen molar-refractivity contribution in [2.75, 3.05) is 19.4 Å². The smallest absolute Gasteiger partial charge is 0.410 e. The predicted octanol–water partition coefficient (Wildman–Crippen LogP) is 2.22. The van der Waals surface area contributed by atoms with Gasteiger partial charge in [-0.2, -0.15) is 8.42 Å². The molecule has 10 heteroatoms. The fourth-order valence-corrected chi connectivity index (χ4v) is 3.59. The number of likely N-dealkylation sites (tertiary alicyclic amines) is 1. The number of hydrogen-bond donors (Lipinski definition) is 2. The van der Waals surface area contributed by atoms with Gasteiger partial charge in [0, 0.05) is 12.6 Å². The molecule has 28 heavy (non-hydrogen) atoms. The molecule has 1 aromatic rings. The molecule has 0 bridgehead atoms. The Morgan fingerprint density at radius 1 is 1.32 bits per heavy atom. The lowest BCUT2D eigenvalue weighted by molar-refractivity contribution is 0.00342. The molecule has 1 aliphatic heterocycles. The van der Waals surface area contributed by atoms with Crippen molar-refractivity contribution in [3.8, 4) is 17.2 Å². The molecule has 0 aliphatic carbocycles. The predicted molar refractivity (Wildman–Crippen MR) is 101 cm³/mol. The fourth-order valence-electron chi connectivity index (χ4n) is 2.95. The van der Waals surface area contributed by atoms with E-state index in [1.54, 1.807) is 20.8 Å². The molecule has 1 heterocycles. The molecule has 0 aromatic heterocycles. The Bertz CT molecular complexity index is 802. The monoisotopic (exact) mass is 417 g/mol. The Kier molecular flexibility index (Phi) is 6.66. The molecule has 0 unspecified atom stereocenters. The molecule has 2 atom stereocenters. The topological polar surface area (TPSA) is 123 Å². The Labute approximate surface area is 164 Å². The number of aromatic hydroxyl groups is 2. The first-order chi connectivity index (χ1) is 12.9. The van der Waals surface area contributed by atoms with Crippen molar-refractivity contribution in [2.45, 2.75) is 51.4 Å². The summed E-state index contributed by atoms with van der Waals surface area (Å²) in [6.45, 7) is 5.43. The van der Waals surface area contributed by atoms with E-state index < -0.39 is 34.0 Å². The quantitative estimate of drug-likeness (QED) is 0.676. The molecule has 1 aliphatic rings. The minimum Gasteiger partial charge on any atom is -0.508 e. The SMILES string of the molecule is CC(C)(C)OC(=O)N1CCC[C@H]1[C@H](COc1ccc(O)cc1O)OS(C)(=O)=O. The minimum atomic E-state index is -3.83. The standard InChI is InChI=1S/C18H27NO8S/c1-18(2,3)26-17(22)19-9-5-6-13(19)16(27-28(4,23)24)11-25-15-8-7-12(20)10-14(15)21/h7-8,10,13,16,20-21H,5-6,9,11H2,1-4H3/t13-,16-/m0/s1. The molecule has 1 amide bonds. The first-order valence-corrected chi connectivity index (χ1v) is 10.7. The van der Waals surface area contributed by atoms with Crippen molar-refractivity contribution in [1.82, 2.24) is 4.90 Å². The first-order valence-electron chi connectivity index (χ1n) is 8.88. The number of phenolic OH excluding ortho intramolecular Hbond substituents is 2. The van der Waals surface area contributed by atoms with E-state index in [1.165, 1.54) is 17.0 Å². The number of hydrogen-bond acceptors (Lipinski definition) is 8. The van der Waals surface area contributed by atoms with Crippen molar-refractivity contribution < 1.29 is 37.1 Å². The lowest BCUT2D eigenvalue weighted by Gasteiger charge is -2.32. The fraction of sp³-hybridized carbons (Fsp3) is 0.611. The number of phenols is 2. The number of benzene rings is 1. The van der Waals surface area contributed by atoms with Gasteiger partial charge in [0.1, 0.15) is 24.1 Å². The Balaban J connectivity index is 2.18. The van der Waals surface area contributed by atoms with Gasteiger partial charge in [0.15, 0.2) is 11.5 Å². The Morgan fingerprint density at radius 2 is 2.00 bits per heavy atom. The van der Waals surface area contributed by atoms with Crippen LogP contribution in [0.4, 0.5) is 4.79 Å². The summed E-state index contributed by atoms with van der Waals surface area (Å²) in [6, 6.07) is 3.21. The van der Waals surface area contributed by atoms with E-state index in [1.807, 2.05) is 0 Å². The van der Waals surface area contributed by atoms with E-state index in [-0.39, 0.29) is 23.9 Å². The number of nitrogens with zero attached hydrogens (tertiary/aromatic N) is 1. The molecule has 2 N–H and O–H groups in total. The number of ether oxygens (including phenoxy) is 2. The average molecular weight is 417 g/mol. The van der Waals surface area contributed by atoms with Gasteiger partial charge in [-0.3, -0.25) is 4.18 Å². The third-order valence-electron chi connectivity index (χ3n) is 4.00. The van der Waals surface area contributed by atoms with Crippen LogP contribution in [0.3, 0.4) is 0 Å². The zero-order chi connectivity index (χ0) is 21.1. The summed E-state index contributed by atoms with van der Waals surface area (Å²) in [7, 11) is -3.83. The van der Waals surface area contributed by atoms with Crippen molar-refractivity contribution in [2.24, 2.45) is 0 Å². The third-order valence-corrected chi connectivity index (χ3v) is 4.60. The molecule has 0 spiro atoms. The van der Waals surface area contributed by atoms with Crippen LogP contribution in [0.25, 0.3) is 0 Å². The number of carbonyl (C=O) groups is 1. The van der Waals surface area contributed by atoms with E-state index >= 15 is 0 Å². The van der Waals surface area contributed by atoms with Crippen LogP contribution in [0.15, 0.2) is 18.2 Å². The van der Waals surface area contributed by atoms with Gasteiger partial charge in [0.2, 0.25) is 0 Å². The number of rotatable bonds is 6. The largest absolute Gasteiger partial charge is 0.508 e. The summed E-state index contributed by atoms with van der Waals surface area (Å²) in [6.07, 6.45) is 0.565. The Morgan fingerprint density at radius 3 is 2.57 bits per heavy atom. The molecule has 158 valence electrons. The molecule has 2 rings (SSSR count). The summed E-state index contributed by atoms with van der Waals surface area (Å²) in [5, 5.41) is 19.2.